The third kappa shape index (κ3) is 2.79. The zero-order chi connectivity index (χ0) is 13.0. The second kappa shape index (κ2) is 5.83. The maximum Gasteiger partial charge on any atom is 0.142 e. The molecule has 0 fully saturated rings. The number of anilines is 1. The van der Waals surface area contributed by atoms with E-state index in [4.69, 9.17) is 10.5 Å². The standard InChI is InChI=1S/C15H17NOS/c1-11-6-3-4-7-12(11)10-18-14-9-5-8-13(17-2)15(14)16/h3-9H,10,16H2,1-2H3. The van der Waals surface area contributed by atoms with E-state index in [1.54, 1.807) is 18.9 Å². The maximum atomic E-state index is 6.05. The lowest BCUT2D eigenvalue weighted by Crippen LogP contribution is -1.94. The number of hydrogen-bond acceptors (Lipinski definition) is 3. The first kappa shape index (κ1) is 12.8. The smallest absolute Gasteiger partial charge is 0.142 e. The Morgan fingerprint density at radius 3 is 2.61 bits per heavy atom. The maximum absolute atomic E-state index is 6.05. The molecule has 94 valence electrons. The topological polar surface area (TPSA) is 35.2 Å². The van der Waals surface area contributed by atoms with Crippen LogP contribution in [0.15, 0.2) is 47.4 Å². The van der Waals surface area contributed by atoms with Crippen LogP contribution in [-0.4, -0.2) is 7.11 Å². The lowest BCUT2D eigenvalue weighted by molar-refractivity contribution is 0.416. The highest BCUT2D eigenvalue weighted by Crippen LogP contribution is 2.34. The molecular weight excluding hydrogens is 242 g/mol. The highest BCUT2D eigenvalue weighted by atomic mass is 32.2. The van der Waals surface area contributed by atoms with E-state index in [1.807, 2.05) is 18.2 Å². The Bertz CT molecular complexity index is 540. The minimum Gasteiger partial charge on any atom is -0.495 e. The predicted molar refractivity (Wildman–Crippen MR) is 78.1 cm³/mol. The summed E-state index contributed by atoms with van der Waals surface area (Å²) >= 11 is 1.74. The number of methoxy groups -OCH3 is 1. The Hall–Kier alpha value is -1.61. The summed E-state index contributed by atoms with van der Waals surface area (Å²) in [6, 6.07) is 14.3. The fourth-order valence-electron chi connectivity index (χ4n) is 1.76. The molecule has 0 saturated carbocycles. The Morgan fingerprint density at radius 2 is 1.89 bits per heavy atom. The lowest BCUT2D eigenvalue weighted by atomic mass is 10.1. The van der Waals surface area contributed by atoms with Gasteiger partial charge in [0.2, 0.25) is 0 Å². The van der Waals surface area contributed by atoms with Gasteiger partial charge in [-0.25, -0.2) is 0 Å². The van der Waals surface area contributed by atoms with Gasteiger partial charge in [-0.1, -0.05) is 30.3 Å². The van der Waals surface area contributed by atoms with Gasteiger partial charge in [-0.3, -0.25) is 0 Å². The van der Waals surface area contributed by atoms with Crippen LogP contribution in [0.1, 0.15) is 11.1 Å². The summed E-state index contributed by atoms with van der Waals surface area (Å²) in [7, 11) is 1.64. The summed E-state index contributed by atoms with van der Waals surface area (Å²) in [4.78, 5) is 1.07. The average molecular weight is 259 g/mol. The van der Waals surface area contributed by atoms with Gasteiger partial charge in [0.1, 0.15) is 5.75 Å². The largest absolute Gasteiger partial charge is 0.495 e. The van der Waals surface area contributed by atoms with Gasteiger partial charge in [0.05, 0.1) is 12.8 Å². The van der Waals surface area contributed by atoms with Crippen LogP contribution in [0.3, 0.4) is 0 Å². The molecular formula is C15H17NOS. The van der Waals surface area contributed by atoms with Crippen LogP contribution < -0.4 is 10.5 Å². The summed E-state index contributed by atoms with van der Waals surface area (Å²) in [5.74, 6) is 1.66. The molecule has 3 heteroatoms. The second-order valence-corrected chi connectivity index (χ2v) is 5.10. The first-order valence-corrected chi connectivity index (χ1v) is 6.80. The molecule has 0 radical (unpaired) electrons. The highest BCUT2D eigenvalue weighted by Gasteiger charge is 2.06. The van der Waals surface area contributed by atoms with Crippen LogP contribution in [0.4, 0.5) is 5.69 Å². The van der Waals surface area contributed by atoms with E-state index in [9.17, 15) is 0 Å². The molecule has 0 aliphatic rings. The zero-order valence-electron chi connectivity index (χ0n) is 10.6. The monoisotopic (exact) mass is 259 g/mol. The van der Waals surface area contributed by atoms with Crippen molar-refractivity contribution in [3.05, 3.63) is 53.6 Å². The van der Waals surface area contributed by atoms with E-state index >= 15 is 0 Å². The normalized spacial score (nSPS) is 10.3. The van der Waals surface area contributed by atoms with Gasteiger partial charge in [0, 0.05) is 10.6 Å². The number of aryl methyl sites for hydroxylation is 1. The lowest BCUT2D eigenvalue weighted by Gasteiger charge is -2.10. The molecule has 2 aromatic carbocycles. The SMILES string of the molecule is COc1cccc(SCc2ccccc2C)c1N. The quantitative estimate of drug-likeness (QED) is 0.668. The molecule has 0 heterocycles. The molecule has 0 saturated heterocycles. The summed E-state index contributed by atoms with van der Waals surface area (Å²) in [5.41, 5.74) is 9.42. The summed E-state index contributed by atoms with van der Waals surface area (Å²) in [6.07, 6.45) is 0. The molecule has 0 atom stereocenters. The number of benzene rings is 2. The third-order valence-corrected chi connectivity index (χ3v) is 4.01. The summed E-state index contributed by atoms with van der Waals surface area (Å²) in [6.45, 7) is 2.13. The summed E-state index contributed by atoms with van der Waals surface area (Å²) < 4.78 is 5.22. The van der Waals surface area contributed by atoms with Crippen molar-refractivity contribution in [3.63, 3.8) is 0 Å². The summed E-state index contributed by atoms with van der Waals surface area (Å²) in [5, 5.41) is 0. The fourth-order valence-corrected chi connectivity index (χ4v) is 2.82. The first-order valence-electron chi connectivity index (χ1n) is 5.82. The number of nitrogens with two attached hydrogens (primary N) is 1. The molecule has 0 aromatic heterocycles. The van der Waals surface area contributed by atoms with Gasteiger partial charge in [0.25, 0.3) is 0 Å². The highest BCUT2D eigenvalue weighted by molar-refractivity contribution is 7.98. The number of thioether (sulfide) groups is 1. The van der Waals surface area contributed by atoms with Crippen molar-refractivity contribution in [2.24, 2.45) is 0 Å². The van der Waals surface area contributed by atoms with Gasteiger partial charge in [-0.05, 0) is 30.2 Å². The van der Waals surface area contributed by atoms with Crippen LogP contribution in [-0.2, 0) is 5.75 Å². The molecule has 2 N–H and O–H groups in total. The van der Waals surface area contributed by atoms with E-state index in [-0.39, 0.29) is 0 Å². The number of hydrogen-bond donors (Lipinski definition) is 1. The van der Waals surface area contributed by atoms with Gasteiger partial charge in [-0.2, -0.15) is 0 Å². The Labute approximate surface area is 112 Å². The number of nitrogen functional groups attached to an aromatic ring is 1. The van der Waals surface area contributed by atoms with Gasteiger partial charge in [0.15, 0.2) is 0 Å². The molecule has 2 rings (SSSR count). The fraction of sp³-hybridized carbons (Fsp3) is 0.200. The Kier molecular flexibility index (Phi) is 4.15. The number of rotatable bonds is 4. The zero-order valence-corrected chi connectivity index (χ0v) is 11.5. The van der Waals surface area contributed by atoms with Crippen molar-refractivity contribution >= 4 is 17.4 Å². The molecule has 0 bridgehead atoms. The minimum atomic E-state index is 0.721. The van der Waals surface area contributed by atoms with E-state index in [0.717, 1.165) is 22.1 Å². The van der Waals surface area contributed by atoms with E-state index in [2.05, 4.69) is 31.2 Å². The Balaban J connectivity index is 2.14. The predicted octanol–water partition coefficient (Wildman–Crippen LogP) is 3.88. The van der Waals surface area contributed by atoms with Crippen molar-refractivity contribution in [1.82, 2.24) is 0 Å². The molecule has 0 unspecified atom stereocenters. The molecule has 2 nitrogen and oxygen atoms in total. The molecule has 18 heavy (non-hydrogen) atoms. The van der Waals surface area contributed by atoms with Gasteiger partial charge in [-0.15, -0.1) is 11.8 Å². The molecule has 0 aliphatic carbocycles. The molecule has 2 aromatic rings. The Morgan fingerprint density at radius 1 is 1.11 bits per heavy atom. The molecule has 0 aliphatic heterocycles. The van der Waals surface area contributed by atoms with Crippen molar-refractivity contribution in [1.29, 1.82) is 0 Å². The van der Waals surface area contributed by atoms with Crippen molar-refractivity contribution in [3.8, 4) is 5.75 Å². The van der Waals surface area contributed by atoms with E-state index in [1.165, 1.54) is 11.1 Å². The number of ether oxygens (including phenoxy) is 1. The molecule has 0 amide bonds. The van der Waals surface area contributed by atoms with Crippen LogP contribution in [0.2, 0.25) is 0 Å². The van der Waals surface area contributed by atoms with Crippen molar-refractivity contribution < 1.29 is 4.74 Å². The average Bonchev–Trinajstić information content (AvgIpc) is 2.39. The van der Waals surface area contributed by atoms with Crippen LogP contribution in [0.5, 0.6) is 5.75 Å². The van der Waals surface area contributed by atoms with Crippen molar-refractivity contribution in [2.75, 3.05) is 12.8 Å². The van der Waals surface area contributed by atoms with Crippen LogP contribution >= 0.6 is 11.8 Å². The van der Waals surface area contributed by atoms with Crippen LogP contribution in [0.25, 0.3) is 0 Å². The van der Waals surface area contributed by atoms with Crippen molar-refractivity contribution in [2.45, 2.75) is 17.6 Å². The van der Waals surface area contributed by atoms with Crippen LogP contribution in [0, 0.1) is 6.92 Å². The second-order valence-electron chi connectivity index (χ2n) is 4.09. The third-order valence-electron chi connectivity index (χ3n) is 2.89. The van der Waals surface area contributed by atoms with Gasteiger partial charge < -0.3 is 10.5 Å². The number of para-hydroxylation sites is 1. The molecule has 0 spiro atoms. The van der Waals surface area contributed by atoms with E-state index in [0.29, 0.717) is 0 Å². The minimum absolute atomic E-state index is 0.721. The first-order chi connectivity index (χ1) is 8.72. The van der Waals surface area contributed by atoms with E-state index < -0.39 is 0 Å². The van der Waals surface area contributed by atoms with Gasteiger partial charge >= 0.3 is 0 Å².